The van der Waals surface area contributed by atoms with E-state index in [4.69, 9.17) is 4.74 Å². The molecule has 1 aliphatic rings. The summed E-state index contributed by atoms with van der Waals surface area (Å²) in [5, 5.41) is 2.96. The van der Waals surface area contributed by atoms with E-state index in [-0.39, 0.29) is 17.9 Å². The molecular weight excluding hydrogens is 412 g/mol. The zero-order valence-electron chi connectivity index (χ0n) is 19.2. The van der Waals surface area contributed by atoms with E-state index in [1.807, 2.05) is 66.4 Å². The number of carbonyl (C=O) groups is 2. The first kappa shape index (κ1) is 22.6. The predicted octanol–water partition coefficient (Wildman–Crippen LogP) is 5.84. The van der Waals surface area contributed by atoms with Gasteiger partial charge in [0.15, 0.2) is 0 Å². The quantitative estimate of drug-likeness (QED) is 0.522. The second-order valence-electron chi connectivity index (χ2n) is 8.63. The van der Waals surface area contributed by atoms with Gasteiger partial charge >= 0.3 is 0 Å². The van der Waals surface area contributed by atoms with E-state index < -0.39 is 0 Å². The summed E-state index contributed by atoms with van der Waals surface area (Å²) in [6.45, 7) is 5.27. The van der Waals surface area contributed by atoms with Gasteiger partial charge in [-0.3, -0.25) is 9.59 Å². The van der Waals surface area contributed by atoms with Crippen LogP contribution in [0.3, 0.4) is 0 Å². The molecule has 1 aliphatic heterocycles. The summed E-state index contributed by atoms with van der Waals surface area (Å²) in [6, 6.07) is 22.8. The number of hydrogen-bond donors (Lipinski definition) is 1. The van der Waals surface area contributed by atoms with Crippen LogP contribution < -0.4 is 10.1 Å². The minimum atomic E-state index is -0.183. The van der Waals surface area contributed by atoms with Crippen molar-refractivity contribution in [3.05, 3.63) is 95.1 Å². The molecule has 170 valence electrons. The summed E-state index contributed by atoms with van der Waals surface area (Å²) in [5.41, 5.74) is 3.80. The third-order valence-electron chi connectivity index (χ3n) is 6.15. The molecule has 1 fully saturated rings. The molecule has 3 aromatic rings. The smallest absolute Gasteiger partial charge is 0.255 e. The molecule has 0 spiro atoms. The molecule has 5 nitrogen and oxygen atoms in total. The Kier molecular flexibility index (Phi) is 7.08. The number of ether oxygens (including phenoxy) is 1. The van der Waals surface area contributed by atoms with Crippen LogP contribution in [0.2, 0.25) is 0 Å². The third-order valence-corrected chi connectivity index (χ3v) is 6.15. The van der Waals surface area contributed by atoms with Gasteiger partial charge in [0.2, 0.25) is 0 Å². The van der Waals surface area contributed by atoms with Crippen LogP contribution in [0.5, 0.6) is 5.75 Å². The first-order valence-electron chi connectivity index (χ1n) is 11.5. The van der Waals surface area contributed by atoms with Gasteiger partial charge in [-0.05, 0) is 86.7 Å². The van der Waals surface area contributed by atoms with Crippen LogP contribution in [0.1, 0.15) is 58.0 Å². The van der Waals surface area contributed by atoms with E-state index in [1.165, 1.54) is 6.42 Å². The number of nitrogens with one attached hydrogen (secondary N) is 1. The van der Waals surface area contributed by atoms with Gasteiger partial charge in [0, 0.05) is 29.4 Å². The van der Waals surface area contributed by atoms with Crippen LogP contribution in [-0.2, 0) is 6.61 Å². The Morgan fingerprint density at radius 1 is 0.970 bits per heavy atom. The number of piperidine rings is 1. The fourth-order valence-corrected chi connectivity index (χ4v) is 4.13. The zero-order chi connectivity index (χ0) is 23.2. The second kappa shape index (κ2) is 10.3. The van der Waals surface area contributed by atoms with E-state index in [0.29, 0.717) is 23.4 Å². The number of benzene rings is 3. The lowest BCUT2D eigenvalue weighted by Gasteiger charge is -2.33. The van der Waals surface area contributed by atoms with Crippen molar-refractivity contribution in [1.29, 1.82) is 0 Å². The second-order valence-corrected chi connectivity index (χ2v) is 8.63. The molecule has 0 aliphatic carbocycles. The molecule has 4 rings (SSSR count). The summed E-state index contributed by atoms with van der Waals surface area (Å²) in [7, 11) is 0. The first-order chi connectivity index (χ1) is 16.0. The van der Waals surface area contributed by atoms with Gasteiger partial charge in [-0.1, -0.05) is 30.3 Å². The van der Waals surface area contributed by atoms with Crippen LogP contribution in [0.15, 0.2) is 72.8 Å². The van der Waals surface area contributed by atoms with E-state index in [9.17, 15) is 9.59 Å². The maximum atomic E-state index is 12.9. The number of para-hydroxylation sites is 1. The van der Waals surface area contributed by atoms with Gasteiger partial charge in [-0.2, -0.15) is 0 Å². The number of likely N-dealkylation sites (tertiary alicyclic amines) is 1. The highest BCUT2D eigenvalue weighted by Gasteiger charge is 2.24. The van der Waals surface area contributed by atoms with Crippen molar-refractivity contribution in [3.8, 4) is 5.75 Å². The van der Waals surface area contributed by atoms with Gasteiger partial charge in [-0.15, -0.1) is 0 Å². The van der Waals surface area contributed by atoms with Gasteiger partial charge in [0.1, 0.15) is 12.4 Å². The van der Waals surface area contributed by atoms with Crippen molar-refractivity contribution in [3.63, 3.8) is 0 Å². The molecule has 33 heavy (non-hydrogen) atoms. The molecule has 1 atom stereocenters. The molecular formula is C28H30N2O3. The molecule has 0 radical (unpaired) electrons. The van der Waals surface area contributed by atoms with Gasteiger partial charge in [-0.25, -0.2) is 0 Å². The van der Waals surface area contributed by atoms with Crippen molar-refractivity contribution < 1.29 is 14.3 Å². The highest BCUT2D eigenvalue weighted by atomic mass is 16.5. The number of rotatable bonds is 6. The number of aryl methyl sites for hydroxylation is 1. The summed E-state index contributed by atoms with van der Waals surface area (Å²) >= 11 is 0. The largest absolute Gasteiger partial charge is 0.489 e. The highest BCUT2D eigenvalue weighted by molar-refractivity contribution is 6.05. The lowest BCUT2D eigenvalue weighted by atomic mass is 10.0. The molecule has 0 aromatic heterocycles. The highest BCUT2D eigenvalue weighted by Crippen LogP contribution is 2.23. The van der Waals surface area contributed by atoms with Gasteiger partial charge in [0.25, 0.3) is 11.8 Å². The van der Waals surface area contributed by atoms with Crippen LogP contribution in [0.4, 0.5) is 5.69 Å². The molecule has 1 saturated heterocycles. The topological polar surface area (TPSA) is 58.6 Å². The summed E-state index contributed by atoms with van der Waals surface area (Å²) in [6.07, 6.45) is 3.28. The Morgan fingerprint density at radius 2 is 1.70 bits per heavy atom. The van der Waals surface area contributed by atoms with Crippen LogP contribution in [-0.4, -0.2) is 29.3 Å². The lowest BCUT2D eigenvalue weighted by molar-refractivity contribution is 0.0635. The Bertz CT molecular complexity index is 1110. The lowest BCUT2D eigenvalue weighted by Crippen LogP contribution is -2.42. The molecule has 0 saturated carbocycles. The van der Waals surface area contributed by atoms with Crippen LogP contribution in [0.25, 0.3) is 0 Å². The van der Waals surface area contributed by atoms with E-state index in [0.717, 1.165) is 36.3 Å². The summed E-state index contributed by atoms with van der Waals surface area (Å²) in [5.74, 6) is 0.695. The molecule has 1 unspecified atom stereocenters. The molecule has 1 N–H and O–H groups in total. The SMILES string of the molecule is Cc1cc(C(=O)N2CCCCC2C)ccc1NC(=O)c1ccc(COc2ccccc2)cc1. The van der Waals surface area contributed by atoms with Gasteiger partial charge < -0.3 is 15.0 Å². The Morgan fingerprint density at radius 3 is 2.39 bits per heavy atom. The van der Waals surface area contributed by atoms with Crippen molar-refractivity contribution in [2.24, 2.45) is 0 Å². The Balaban J connectivity index is 1.37. The van der Waals surface area contributed by atoms with Gasteiger partial charge in [0.05, 0.1) is 0 Å². The normalized spacial score (nSPS) is 15.7. The van der Waals surface area contributed by atoms with Crippen LogP contribution in [0, 0.1) is 6.92 Å². The fourth-order valence-electron chi connectivity index (χ4n) is 4.13. The number of hydrogen-bond acceptors (Lipinski definition) is 3. The summed E-state index contributed by atoms with van der Waals surface area (Å²) in [4.78, 5) is 27.6. The van der Waals surface area contributed by atoms with Crippen LogP contribution >= 0.6 is 0 Å². The predicted molar refractivity (Wildman–Crippen MR) is 131 cm³/mol. The van der Waals surface area contributed by atoms with Crippen molar-refractivity contribution in [2.45, 2.75) is 45.8 Å². The number of anilines is 1. The number of amides is 2. The number of carbonyl (C=O) groups excluding carboxylic acids is 2. The van der Waals surface area contributed by atoms with E-state index in [2.05, 4.69) is 12.2 Å². The molecule has 2 amide bonds. The van der Waals surface area contributed by atoms with Crippen molar-refractivity contribution in [2.75, 3.05) is 11.9 Å². The average molecular weight is 443 g/mol. The van der Waals surface area contributed by atoms with Crippen molar-refractivity contribution in [1.82, 2.24) is 4.90 Å². The minimum absolute atomic E-state index is 0.0662. The third kappa shape index (κ3) is 5.61. The zero-order valence-corrected chi connectivity index (χ0v) is 19.2. The molecule has 0 bridgehead atoms. The number of nitrogens with zero attached hydrogens (tertiary/aromatic N) is 1. The molecule has 5 heteroatoms. The summed E-state index contributed by atoms with van der Waals surface area (Å²) < 4.78 is 5.75. The molecule has 3 aromatic carbocycles. The Labute approximate surface area is 195 Å². The standard InChI is InChI=1S/C28H30N2O3/c1-20-18-24(28(32)30-17-7-6-8-21(30)2)15-16-26(20)29-27(31)23-13-11-22(12-14-23)19-33-25-9-4-3-5-10-25/h3-5,9-16,18,21H,6-8,17,19H2,1-2H3,(H,29,31). The minimum Gasteiger partial charge on any atom is -0.489 e. The van der Waals surface area contributed by atoms with Crippen molar-refractivity contribution >= 4 is 17.5 Å². The van der Waals surface area contributed by atoms with E-state index in [1.54, 1.807) is 18.2 Å². The fraction of sp³-hybridized carbons (Fsp3) is 0.286. The maximum Gasteiger partial charge on any atom is 0.255 e. The first-order valence-corrected chi connectivity index (χ1v) is 11.5. The Hall–Kier alpha value is -3.60. The van der Waals surface area contributed by atoms with E-state index >= 15 is 0 Å². The molecule has 1 heterocycles. The average Bonchev–Trinajstić information content (AvgIpc) is 2.85. The maximum absolute atomic E-state index is 12.9. The monoisotopic (exact) mass is 442 g/mol.